The summed E-state index contributed by atoms with van der Waals surface area (Å²) in [6.07, 6.45) is 1.89. The highest BCUT2D eigenvalue weighted by molar-refractivity contribution is 5.91. The summed E-state index contributed by atoms with van der Waals surface area (Å²) in [6.45, 7) is 5.16. The van der Waals surface area contributed by atoms with E-state index in [4.69, 9.17) is 5.73 Å². The Balaban J connectivity index is 1.68. The van der Waals surface area contributed by atoms with Crippen molar-refractivity contribution in [1.82, 2.24) is 9.80 Å². The minimum atomic E-state index is -0.307. The van der Waals surface area contributed by atoms with Crippen LogP contribution in [0.3, 0.4) is 0 Å². The van der Waals surface area contributed by atoms with Crippen LogP contribution in [0.25, 0.3) is 0 Å². The lowest BCUT2D eigenvalue weighted by molar-refractivity contribution is -0.135. The Labute approximate surface area is 131 Å². The summed E-state index contributed by atoms with van der Waals surface area (Å²) in [5.41, 5.74) is 7.31. The van der Waals surface area contributed by atoms with E-state index in [1.165, 1.54) is 11.1 Å². The third-order valence-corrected chi connectivity index (χ3v) is 4.86. The van der Waals surface area contributed by atoms with Crippen molar-refractivity contribution in [2.24, 2.45) is 5.73 Å². The highest BCUT2D eigenvalue weighted by Crippen LogP contribution is 2.50. The topological polar surface area (TPSA) is 66.6 Å². The zero-order valence-electron chi connectivity index (χ0n) is 13.0. The van der Waals surface area contributed by atoms with Crippen LogP contribution in [0.1, 0.15) is 24.0 Å². The Hall–Kier alpha value is -1.88. The van der Waals surface area contributed by atoms with Gasteiger partial charge in [0.15, 0.2) is 0 Å². The van der Waals surface area contributed by atoms with Gasteiger partial charge < -0.3 is 10.6 Å². The second-order valence-corrected chi connectivity index (χ2v) is 6.43. The van der Waals surface area contributed by atoms with Gasteiger partial charge >= 0.3 is 0 Å². The molecule has 1 aromatic rings. The lowest BCUT2D eigenvalue weighted by Gasteiger charge is -2.36. The van der Waals surface area contributed by atoms with E-state index in [1.807, 2.05) is 21.9 Å². The fourth-order valence-corrected chi connectivity index (χ4v) is 3.47. The SMILES string of the molecule is Cc1ccccc1C1(C(=O)N2CCN(CC(N)=O)CC2)CC1. The Bertz CT molecular complexity index is 587. The molecule has 2 N–H and O–H groups in total. The number of rotatable bonds is 4. The van der Waals surface area contributed by atoms with Gasteiger partial charge in [-0.3, -0.25) is 14.5 Å². The van der Waals surface area contributed by atoms with E-state index >= 15 is 0 Å². The van der Waals surface area contributed by atoms with E-state index in [9.17, 15) is 9.59 Å². The number of nitrogens with two attached hydrogens (primary N) is 1. The summed E-state index contributed by atoms with van der Waals surface area (Å²) in [4.78, 5) is 27.9. The number of hydrogen-bond acceptors (Lipinski definition) is 3. The molecule has 118 valence electrons. The number of nitrogens with zero attached hydrogens (tertiary/aromatic N) is 2. The maximum Gasteiger partial charge on any atom is 0.233 e. The number of amides is 2. The van der Waals surface area contributed by atoms with Crippen LogP contribution in [0.4, 0.5) is 0 Å². The van der Waals surface area contributed by atoms with Gasteiger partial charge in [-0.05, 0) is 30.9 Å². The van der Waals surface area contributed by atoms with Crippen molar-refractivity contribution < 1.29 is 9.59 Å². The van der Waals surface area contributed by atoms with E-state index in [-0.39, 0.29) is 23.8 Å². The van der Waals surface area contributed by atoms with Crippen LogP contribution in [-0.4, -0.2) is 54.3 Å². The maximum absolute atomic E-state index is 13.0. The van der Waals surface area contributed by atoms with Crippen LogP contribution < -0.4 is 5.73 Å². The molecule has 1 saturated carbocycles. The van der Waals surface area contributed by atoms with Crippen molar-refractivity contribution >= 4 is 11.8 Å². The molecular weight excluding hydrogens is 278 g/mol. The molecule has 0 aromatic heterocycles. The van der Waals surface area contributed by atoms with Crippen molar-refractivity contribution in [3.05, 3.63) is 35.4 Å². The molecular formula is C17H23N3O2. The van der Waals surface area contributed by atoms with E-state index in [2.05, 4.69) is 19.1 Å². The zero-order valence-corrected chi connectivity index (χ0v) is 13.0. The minimum Gasteiger partial charge on any atom is -0.369 e. The molecule has 5 nitrogen and oxygen atoms in total. The van der Waals surface area contributed by atoms with Gasteiger partial charge in [0.05, 0.1) is 12.0 Å². The van der Waals surface area contributed by atoms with Crippen LogP contribution in [0.5, 0.6) is 0 Å². The Morgan fingerprint density at radius 3 is 2.32 bits per heavy atom. The highest BCUT2D eigenvalue weighted by Gasteiger charge is 2.53. The van der Waals surface area contributed by atoms with Gasteiger partial charge in [0.25, 0.3) is 0 Å². The van der Waals surface area contributed by atoms with Gasteiger partial charge in [0, 0.05) is 26.2 Å². The predicted octanol–water partition coefficient (Wildman–Crippen LogP) is 0.656. The largest absolute Gasteiger partial charge is 0.369 e. The summed E-state index contributed by atoms with van der Waals surface area (Å²) in [5, 5.41) is 0. The van der Waals surface area contributed by atoms with E-state index in [0.29, 0.717) is 13.1 Å². The number of benzene rings is 1. The monoisotopic (exact) mass is 301 g/mol. The minimum absolute atomic E-state index is 0.250. The summed E-state index contributed by atoms with van der Waals surface area (Å²) in [5.74, 6) is -0.0566. The van der Waals surface area contributed by atoms with Crippen LogP contribution in [0.2, 0.25) is 0 Å². The van der Waals surface area contributed by atoms with Gasteiger partial charge in [-0.1, -0.05) is 24.3 Å². The molecule has 2 aliphatic rings. The lowest BCUT2D eigenvalue weighted by atomic mass is 9.90. The first-order chi connectivity index (χ1) is 10.5. The van der Waals surface area contributed by atoms with Crippen molar-refractivity contribution in [2.75, 3.05) is 32.7 Å². The first kappa shape index (κ1) is 15.0. The molecule has 0 atom stereocenters. The third kappa shape index (κ3) is 2.73. The molecule has 2 amide bonds. The molecule has 5 heteroatoms. The Kier molecular flexibility index (Phi) is 3.91. The van der Waals surface area contributed by atoms with E-state index in [1.54, 1.807) is 0 Å². The summed E-state index contributed by atoms with van der Waals surface area (Å²) >= 11 is 0. The second-order valence-electron chi connectivity index (χ2n) is 6.43. The number of carbonyl (C=O) groups excluding carboxylic acids is 2. The molecule has 2 fully saturated rings. The van der Waals surface area contributed by atoms with Crippen LogP contribution in [-0.2, 0) is 15.0 Å². The smallest absolute Gasteiger partial charge is 0.233 e. The van der Waals surface area contributed by atoms with Gasteiger partial charge in [-0.15, -0.1) is 0 Å². The Morgan fingerprint density at radius 2 is 1.77 bits per heavy atom. The van der Waals surface area contributed by atoms with E-state index in [0.717, 1.165) is 25.9 Å². The van der Waals surface area contributed by atoms with Crippen LogP contribution in [0, 0.1) is 6.92 Å². The lowest BCUT2D eigenvalue weighted by Crippen LogP contribution is -2.53. The van der Waals surface area contributed by atoms with Gasteiger partial charge in [0.2, 0.25) is 11.8 Å². The fraction of sp³-hybridized carbons (Fsp3) is 0.529. The highest BCUT2D eigenvalue weighted by atomic mass is 16.2. The molecule has 1 heterocycles. The summed E-state index contributed by atoms with van der Waals surface area (Å²) in [6, 6.07) is 8.19. The number of piperazine rings is 1. The third-order valence-electron chi connectivity index (χ3n) is 4.86. The predicted molar refractivity (Wildman–Crippen MR) is 84.3 cm³/mol. The molecule has 0 radical (unpaired) electrons. The van der Waals surface area contributed by atoms with Crippen LogP contribution in [0.15, 0.2) is 24.3 Å². The fourth-order valence-electron chi connectivity index (χ4n) is 3.47. The molecule has 22 heavy (non-hydrogen) atoms. The summed E-state index contributed by atoms with van der Waals surface area (Å²) < 4.78 is 0. The average Bonchev–Trinajstić information content (AvgIpc) is 3.29. The molecule has 0 spiro atoms. The van der Waals surface area contributed by atoms with Gasteiger partial charge in [-0.2, -0.15) is 0 Å². The molecule has 1 saturated heterocycles. The van der Waals surface area contributed by atoms with Crippen molar-refractivity contribution in [1.29, 1.82) is 0 Å². The normalized spacial score (nSPS) is 20.7. The van der Waals surface area contributed by atoms with E-state index < -0.39 is 0 Å². The zero-order chi connectivity index (χ0) is 15.7. The molecule has 0 unspecified atom stereocenters. The number of aryl methyl sites for hydroxylation is 1. The summed E-state index contributed by atoms with van der Waals surface area (Å²) in [7, 11) is 0. The van der Waals surface area contributed by atoms with Crippen molar-refractivity contribution in [3.63, 3.8) is 0 Å². The molecule has 1 aromatic carbocycles. The molecule has 1 aliphatic carbocycles. The average molecular weight is 301 g/mol. The van der Waals surface area contributed by atoms with Crippen molar-refractivity contribution in [2.45, 2.75) is 25.2 Å². The number of primary amides is 1. The first-order valence-electron chi connectivity index (χ1n) is 7.89. The van der Waals surface area contributed by atoms with Gasteiger partial charge in [0.1, 0.15) is 0 Å². The van der Waals surface area contributed by atoms with Crippen LogP contribution >= 0.6 is 0 Å². The second kappa shape index (κ2) is 5.72. The maximum atomic E-state index is 13.0. The molecule has 3 rings (SSSR count). The standard InChI is InChI=1S/C17H23N3O2/c1-13-4-2-3-5-14(13)17(6-7-17)16(22)20-10-8-19(9-11-20)12-15(18)21/h2-5H,6-12H2,1H3,(H2,18,21). The molecule has 0 bridgehead atoms. The number of carbonyl (C=O) groups is 2. The number of hydrogen-bond donors (Lipinski definition) is 1. The quantitative estimate of drug-likeness (QED) is 0.888. The first-order valence-corrected chi connectivity index (χ1v) is 7.89. The van der Waals surface area contributed by atoms with Gasteiger partial charge in [-0.25, -0.2) is 0 Å². The Morgan fingerprint density at radius 1 is 1.14 bits per heavy atom. The molecule has 1 aliphatic heterocycles. The van der Waals surface area contributed by atoms with Crippen molar-refractivity contribution in [3.8, 4) is 0 Å².